The van der Waals surface area contributed by atoms with E-state index in [0.29, 0.717) is 5.02 Å². The maximum Gasteiger partial charge on any atom is 5.00 e. The Kier molecular flexibility index (Phi) is 3.82. The van der Waals surface area contributed by atoms with Gasteiger partial charge in [0.1, 0.15) is 0 Å². The molecule has 2 aromatic rings. The topological polar surface area (TPSA) is 25.8 Å². The van der Waals surface area contributed by atoms with Crippen LogP contribution in [-0.4, -0.2) is 10.2 Å². The summed E-state index contributed by atoms with van der Waals surface area (Å²) in [6, 6.07) is 5.75. The molecule has 2 rings (SSSR count). The standard InChI is InChI=1S/C9H6BrClN2.P/c1-5-9(11)7-4-6(10)2-3-8(7)13-12-5;/h2-4H,1H3;/q;+5. The molecule has 0 unspecified atom stereocenters. The van der Waals surface area contributed by atoms with Crippen LogP contribution in [0.5, 0.6) is 0 Å². The molecule has 1 aromatic carbocycles. The van der Waals surface area contributed by atoms with Gasteiger partial charge in [-0.2, -0.15) is 10.2 Å². The molecule has 0 amide bonds. The van der Waals surface area contributed by atoms with Crippen LogP contribution in [-0.2, 0) is 0 Å². The van der Waals surface area contributed by atoms with Gasteiger partial charge in [0, 0.05) is 9.86 Å². The van der Waals surface area contributed by atoms with Crippen molar-refractivity contribution >= 4 is 48.3 Å². The van der Waals surface area contributed by atoms with Gasteiger partial charge in [-0.3, -0.25) is 0 Å². The average molecular weight is 288 g/mol. The van der Waals surface area contributed by atoms with Crippen LogP contribution in [0.2, 0.25) is 5.02 Å². The first-order valence-corrected chi connectivity index (χ1v) is 4.93. The van der Waals surface area contributed by atoms with E-state index in [2.05, 4.69) is 26.1 Å². The quantitative estimate of drug-likeness (QED) is 0.678. The summed E-state index contributed by atoms with van der Waals surface area (Å²) in [4.78, 5) is 0. The molecule has 5 heteroatoms. The summed E-state index contributed by atoms with van der Waals surface area (Å²) in [6.07, 6.45) is 0. The number of hydrogen-bond donors (Lipinski definition) is 0. The minimum absolute atomic E-state index is 0. The minimum Gasteiger partial charge on any atom is -0.154 e. The van der Waals surface area contributed by atoms with Gasteiger partial charge in [0.2, 0.25) is 0 Å². The van der Waals surface area contributed by atoms with Gasteiger partial charge in [-0.05, 0) is 25.1 Å². The Morgan fingerprint density at radius 3 is 2.71 bits per heavy atom. The van der Waals surface area contributed by atoms with Gasteiger partial charge in [0.15, 0.2) is 0 Å². The van der Waals surface area contributed by atoms with Crippen LogP contribution in [0.1, 0.15) is 5.69 Å². The molecule has 0 spiro atoms. The zero-order valence-corrected chi connectivity index (χ0v) is 10.6. The first-order chi connectivity index (χ1) is 6.18. The predicted octanol–water partition coefficient (Wildman–Crippen LogP) is 4.22. The molecule has 14 heavy (non-hydrogen) atoms. The number of nitrogens with zero attached hydrogens (tertiary/aromatic N) is 2. The third kappa shape index (κ3) is 2.05. The van der Waals surface area contributed by atoms with Crippen molar-refractivity contribution < 1.29 is 0 Å². The first-order valence-electron chi connectivity index (χ1n) is 3.76. The van der Waals surface area contributed by atoms with Crippen molar-refractivity contribution in [1.29, 1.82) is 0 Å². The van der Waals surface area contributed by atoms with Crippen molar-refractivity contribution in [2.24, 2.45) is 0 Å². The summed E-state index contributed by atoms with van der Waals surface area (Å²) in [5.41, 5.74) is 1.58. The van der Waals surface area contributed by atoms with E-state index in [9.17, 15) is 0 Å². The van der Waals surface area contributed by atoms with Crippen LogP contribution >= 0.6 is 37.4 Å². The van der Waals surface area contributed by atoms with Crippen LogP contribution in [0.3, 0.4) is 0 Å². The van der Waals surface area contributed by atoms with Gasteiger partial charge in [0.05, 0.1) is 16.2 Å². The molecule has 66 valence electrons. The van der Waals surface area contributed by atoms with Gasteiger partial charge >= 0.3 is 9.90 Å². The number of halogens is 2. The maximum atomic E-state index is 6.07. The van der Waals surface area contributed by atoms with E-state index in [1.165, 1.54) is 0 Å². The monoisotopic (exact) mass is 287 g/mol. The molecule has 0 radical (unpaired) electrons. The molecule has 1 heterocycles. The fourth-order valence-electron chi connectivity index (χ4n) is 1.14. The normalized spacial score (nSPS) is 9.93. The van der Waals surface area contributed by atoms with E-state index in [4.69, 9.17) is 11.6 Å². The Labute approximate surface area is 98.8 Å². The summed E-state index contributed by atoms with van der Waals surface area (Å²) < 4.78 is 0.995. The third-order valence-corrected chi connectivity index (χ3v) is 2.79. The van der Waals surface area contributed by atoms with Crippen molar-refractivity contribution in [2.75, 3.05) is 0 Å². The van der Waals surface area contributed by atoms with Crippen molar-refractivity contribution in [3.63, 3.8) is 0 Å². The second kappa shape index (κ2) is 4.52. The van der Waals surface area contributed by atoms with Crippen LogP contribution in [0, 0.1) is 6.92 Å². The zero-order valence-electron chi connectivity index (χ0n) is 7.33. The minimum atomic E-state index is 0. The number of aromatic nitrogens is 2. The Balaban J connectivity index is 0.000000980. The molecule has 0 aliphatic carbocycles. The number of aryl methyl sites for hydroxylation is 1. The van der Waals surface area contributed by atoms with Gasteiger partial charge < -0.3 is 0 Å². The Hall–Kier alpha value is -0.240. The van der Waals surface area contributed by atoms with E-state index < -0.39 is 0 Å². The van der Waals surface area contributed by atoms with Gasteiger partial charge in [-0.15, -0.1) is 0 Å². The Bertz CT molecular complexity index is 470. The fraction of sp³-hybridized carbons (Fsp3) is 0.111. The van der Waals surface area contributed by atoms with Crippen molar-refractivity contribution in [3.8, 4) is 0 Å². The summed E-state index contributed by atoms with van der Waals surface area (Å²) in [5.74, 6) is 0. The Morgan fingerprint density at radius 1 is 1.29 bits per heavy atom. The van der Waals surface area contributed by atoms with E-state index in [1.54, 1.807) is 0 Å². The molecule has 2 nitrogen and oxygen atoms in total. The van der Waals surface area contributed by atoms with Gasteiger partial charge in [-0.1, -0.05) is 27.5 Å². The molecule has 0 saturated carbocycles. The van der Waals surface area contributed by atoms with E-state index in [0.717, 1.165) is 21.1 Å². The molecule has 0 aliphatic rings. The molecule has 0 atom stereocenters. The van der Waals surface area contributed by atoms with Crippen LogP contribution in [0.15, 0.2) is 22.7 Å². The van der Waals surface area contributed by atoms with Crippen LogP contribution in [0.4, 0.5) is 0 Å². The van der Waals surface area contributed by atoms with E-state index >= 15 is 0 Å². The number of benzene rings is 1. The summed E-state index contributed by atoms with van der Waals surface area (Å²) in [7, 11) is 0. The molecular weight excluding hydrogens is 282 g/mol. The first kappa shape index (κ1) is 11.8. The molecule has 0 saturated heterocycles. The van der Waals surface area contributed by atoms with Gasteiger partial charge in [-0.25, -0.2) is 0 Å². The average Bonchev–Trinajstić information content (AvgIpc) is 2.12. The van der Waals surface area contributed by atoms with Crippen molar-refractivity contribution in [2.45, 2.75) is 6.92 Å². The second-order valence-electron chi connectivity index (χ2n) is 2.76. The van der Waals surface area contributed by atoms with Crippen LogP contribution < -0.4 is 0 Å². The molecule has 1 aromatic heterocycles. The second-order valence-corrected chi connectivity index (χ2v) is 4.05. The molecular formula is C9H6BrClN2P+5. The fourth-order valence-corrected chi connectivity index (χ4v) is 1.69. The summed E-state index contributed by atoms with van der Waals surface area (Å²) >= 11 is 9.46. The molecule has 0 bridgehead atoms. The number of rotatable bonds is 0. The number of fused-ring (bicyclic) bond motifs is 1. The molecule has 0 aliphatic heterocycles. The van der Waals surface area contributed by atoms with Crippen molar-refractivity contribution in [1.82, 2.24) is 10.2 Å². The molecule has 0 N–H and O–H groups in total. The number of hydrogen-bond acceptors (Lipinski definition) is 2. The zero-order chi connectivity index (χ0) is 9.42. The maximum absolute atomic E-state index is 6.07. The van der Waals surface area contributed by atoms with Crippen LogP contribution in [0.25, 0.3) is 10.9 Å². The smallest absolute Gasteiger partial charge is 0.154 e. The summed E-state index contributed by atoms with van der Waals surface area (Å²) in [5, 5.41) is 9.57. The van der Waals surface area contributed by atoms with Crippen molar-refractivity contribution in [3.05, 3.63) is 33.4 Å². The predicted molar refractivity (Wildman–Crippen MR) is 63.9 cm³/mol. The van der Waals surface area contributed by atoms with E-state index in [1.807, 2.05) is 25.1 Å². The van der Waals surface area contributed by atoms with E-state index in [-0.39, 0.29) is 9.90 Å². The molecule has 0 fully saturated rings. The third-order valence-electron chi connectivity index (χ3n) is 1.82. The largest absolute Gasteiger partial charge is 5.00 e. The summed E-state index contributed by atoms with van der Waals surface area (Å²) in [6.45, 7) is 1.84. The Morgan fingerprint density at radius 2 is 2.00 bits per heavy atom. The van der Waals surface area contributed by atoms with Gasteiger partial charge in [0.25, 0.3) is 0 Å². The SMILES string of the molecule is Cc1nnc2ccc(Br)cc2c1Cl.[P+5].